The predicted octanol–water partition coefficient (Wildman–Crippen LogP) is 3.83. The molecule has 1 aromatic carbocycles. The fourth-order valence-corrected chi connectivity index (χ4v) is 6.12. The maximum Gasteiger partial charge on any atom is 0.0637 e. The van der Waals surface area contributed by atoms with Crippen molar-refractivity contribution in [1.82, 2.24) is 9.80 Å². The van der Waals surface area contributed by atoms with Gasteiger partial charge in [-0.2, -0.15) is 0 Å². The van der Waals surface area contributed by atoms with E-state index < -0.39 is 0 Å². The highest BCUT2D eigenvalue weighted by atomic mass is 35.5. The number of aliphatic hydroxyl groups excluding tert-OH is 1. The fourth-order valence-electron chi connectivity index (χ4n) is 4.59. The van der Waals surface area contributed by atoms with Crippen LogP contribution in [0.25, 0.3) is 10.1 Å². The smallest absolute Gasteiger partial charge is 0.0637 e. The Labute approximate surface area is 152 Å². The van der Waals surface area contributed by atoms with Gasteiger partial charge in [0.25, 0.3) is 0 Å². The lowest BCUT2D eigenvalue weighted by atomic mass is 9.69. The highest BCUT2D eigenvalue weighted by Gasteiger charge is 2.46. The van der Waals surface area contributed by atoms with Gasteiger partial charge in [0, 0.05) is 39.5 Å². The van der Waals surface area contributed by atoms with E-state index in [1.54, 1.807) is 0 Å². The molecule has 0 radical (unpaired) electrons. The number of hydrogen-bond donors (Lipinski definition) is 1. The summed E-state index contributed by atoms with van der Waals surface area (Å²) in [6.07, 6.45) is 3.45. The van der Waals surface area contributed by atoms with E-state index in [1.807, 2.05) is 11.3 Å². The van der Waals surface area contributed by atoms with E-state index in [1.165, 1.54) is 21.4 Å². The summed E-state index contributed by atoms with van der Waals surface area (Å²) in [5.74, 6) is 0. The summed E-state index contributed by atoms with van der Waals surface area (Å²) in [7, 11) is 2.21. The largest absolute Gasteiger partial charge is 0.396 e. The number of hydrogen-bond acceptors (Lipinski definition) is 4. The molecule has 130 valence electrons. The van der Waals surface area contributed by atoms with Crippen LogP contribution in [0.5, 0.6) is 0 Å². The molecule has 3 nitrogen and oxygen atoms in total. The third-order valence-corrected chi connectivity index (χ3v) is 7.76. The van der Waals surface area contributed by atoms with E-state index in [0.29, 0.717) is 12.6 Å². The molecule has 2 aliphatic heterocycles. The molecule has 0 bridgehead atoms. The van der Waals surface area contributed by atoms with Crippen molar-refractivity contribution >= 4 is 33.0 Å². The van der Waals surface area contributed by atoms with Crippen LogP contribution in [0, 0.1) is 5.41 Å². The molecule has 1 N–H and O–H groups in total. The van der Waals surface area contributed by atoms with Gasteiger partial charge in [0.15, 0.2) is 0 Å². The number of piperidine rings is 2. The molecule has 2 fully saturated rings. The molecule has 2 aromatic rings. The highest BCUT2D eigenvalue weighted by Crippen LogP contribution is 2.43. The van der Waals surface area contributed by atoms with Gasteiger partial charge in [0.05, 0.1) is 11.6 Å². The van der Waals surface area contributed by atoms with E-state index in [2.05, 4.69) is 41.1 Å². The van der Waals surface area contributed by atoms with Gasteiger partial charge >= 0.3 is 0 Å². The lowest BCUT2D eigenvalue weighted by molar-refractivity contribution is -0.0682. The summed E-state index contributed by atoms with van der Waals surface area (Å²) in [5.41, 5.74) is 0.105. The standard InChI is InChI=1S/C19H25ClN2OS/c1-21-9-4-7-19(13-23)8-10-22(12-17(19)21)11-16-18(20)14-5-2-3-6-15(14)24-16/h2-3,5-6,17,23H,4,7-13H2,1H3/t17-,19-/m1/s1. The molecule has 4 rings (SSSR count). The number of halogens is 1. The second kappa shape index (κ2) is 6.58. The summed E-state index contributed by atoms with van der Waals surface area (Å²) < 4.78 is 1.27. The summed E-state index contributed by atoms with van der Waals surface area (Å²) in [6, 6.07) is 8.85. The summed E-state index contributed by atoms with van der Waals surface area (Å²) >= 11 is 8.45. The molecule has 2 atom stereocenters. The second-order valence-electron chi connectivity index (χ2n) is 7.44. The van der Waals surface area contributed by atoms with Crippen LogP contribution >= 0.6 is 22.9 Å². The summed E-state index contributed by atoms with van der Waals surface area (Å²) in [4.78, 5) is 6.25. The van der Waals surface area contributed by atoms with Crippen LogP contribution in [0.15, 0.2) is 24.3 Å². The minimum Gasteiger partial charge on any atom is -0.396 e. The van der Waals surface area contributed by atoms with Gasteiger partial charge in [-0.15, -0.1) is 11.3 Å². The Morgan fingerprint density at radius 2 is 2.12 bits per heavy atom. The first kappa shape index (κ1) is 16.8. The van der Waals surface area contributed by atoms with Crippen molar-refractivity contribution < 1.29 is 5.11 Å². The van der Waals surface area contributed by atoms with Gasteiger partial charge in [-0.1, -0.05) is 29.8 Å². The number of benzene rings is 1. The molecule has 0 amide bonds. The van der Waals surface area contributed by atoms with Gasteiger partial charge in [0.2, 0.25) is 0 Å². The van der Waals surface area contributed by atoms with Crippen molar-refractivity contribution in [3.63, 3.8) is 0 Å². The first-order chi connectivity index (χ1) is 11.6. The second-order valence-corrected chi connectivity index (χ2v) is 8.96. The molecule has 24 heavy (non-hydrogen) atoms. The third kappa shape index (κ3) is 2.78. The average Bonchev–Trinajstić information content (AvgIpc) is 2.92. The normalized spacial score (nSPS) is 29.0. The van der Waals surface area contributed by atoms with Crippen LogP contribution in [0.2, 0.25) is 5.02 Å². The quantitative estimate of drug-likeness (QED) is 0.896. The zero-order valence-electron chi connectivity index (χ0n) is 14.2. The van der Waals surface area contributed by atoms with E-state index >= 15 is 0 Å². The molecular formula is C19H25ClN2OS. The summed E-state index contributed by atoms with van der Waals surface area (Å²) in [6.45, 7) is 4.46. The Morgan fingerprint density at radius 1 is 1.29 bits per heavy atom. The number of likely N-dealkylation sites (N-methyl/N-ethyl adjacent to an activating group) is 1. The van der Waals surface area contributed by atoms with Crippen molar-refractivity contribution in [2.75, 3.05) is 33.3 Å². The maximum absolute atomic E-state index is 10.0. The monoisotopic (exact) mass is 364 g/mol. The number of aliphatic hydroxyl groups is 1. The Bertz CT molecular complexity index is 733. The lowest BCUT2D eigenvalue weighted by Crippen LogP contribution is -2.61. The predicted molar refractivity (Wildman–Crippen MR) is 102 cm³/mol. The first-order valence-electron chi connectivity index (χ1n) is 8.82. The van der Waals surface area contributed by atoms with Crippen LogP contribution in [0.3, 0.4) is 0 Å². The molecule has 5 heteroatoms. The van der Waals surface area contributed by atoms with Crippen molar-refractivity contribution in [1.29, 1.82) is 0 Å². The van der Waals surface area contributed by atoms with Crippen LogP contribution in [-0.4, -0.2) is 54.2 Å². The van der Waals surface area contributed by atoms with Crippen molar-refractivity contribution in [3.8, 4) is 0 Å². The van der Waals surface area contributed by atoms with Crippen LogP contribution in [-0.2, 0) is 6.54 Å². The van der Waals surface area contributed by atoms with Crippen LogP contribution < -0.4 is 0 Å². The fraction of sp³-hybridized carbons (Fsp3) is 0.579. The molecule has 2 aliphatic rings. The van der Waals surface area contributed by atoms with E-state index in [-0.39, 0.29) is 5.41 Å². The molecule has 0 unspecified atom stereocenters. The number of likely N-dealkylation sites (tertiary alicyclic amines) is 2. The molecule has 0 aliphatic carbocycles. The van der Waals surface area contributed by atoms with Gasteiger partial charge < -0.3 is 10.0 Å². The van der Waals surface area contributed by atoms with E-state index in [4.69, 9.17) is 11.6 Å². The maximum atomic E-state index is 10.0. The zero-order valence-corrected chi connectivity index (χ0v) is 15.7. The lowest BCUT2D eigenvalue weighted by Gasteiger charge is -2.53. The molecule has 0 spiro atoms. The number of rotatable bonds is 3. The number of fused-ring (bicyclic) bond motifs is 2. The Hall–Kier alpha value is -0.650. The molecule has 2 saturated heterocycles. The van der Waals surface area contributed by atoms with Gasteiger partial charge in [-0.05, 0) is 45.5 Å². The zero-order chi connectivity index (χ0) is 16.7. The topological polar surface area (TPSA) is 26.7 Å². The van der Waals surface area contributed by atoms with Gasteiger partial charge in [-0.3, -0.25) is 4.90 Å². The van der Waals surface area contributed by atoms with Crippen LogP contribution in [0.1, 0.15) is 24.1 Å². The Morgan fingerprint density at radius 3 is 2.92 bits per heavy atom. The molecular weight excluding hydrogens is 340 g/mol. The minimum atomic E-state index is 0.105. The average molecular weight is 365 g/mol. The molecule has 1 aromatic heterocycles. The molecule has 3 heterocycles. The van der Waals surface area contributed by atoms with E-state index in [9.17, 15) is 5.11 Å². The Balaban J connectivity index is 1.54. The third-order valence-electron chi connectivity index (χ3n) is 6.07. The Kier molecular flexibility index (Phi) is 4.61. The van der Waals surface area contributed by atoms with Crippen molar-refractivity contribution in [3.05, 3.63) is 34.2 Å². The van der Waals surface area contributed by atoms with Crippen molar-refractivity contribution in [2.45, 2.75) is 31.8 Å². The first-order valence-corrected chi connectivity index (χ1v) is 10.0. The summed E-state index contributed by atoms with van der Waals surface area (Å²) in [5, 5.41) is 12.1. The number of thiophene rings is 1. The number of nitrogens with zero attached hydrogens (tertiary/aromatic N) is 2. The molecule has 0 saturated carbocycles. The minimum absolute atomic E-state index is 0.105. The van der Waals surface area contributed by atoms with Crippen LogP contribution in [0.4, 0.5) is 0 Å². The van der Waals surface area contributed by atoms with Crippen molar-refractivity contribution in [2.24, 2.45) is 5.41 Å². The SMILES string of the molecule is CN1CCC[C@]2(CO)CCN(Cc3sc4ccccc4c3Cl)C[C@@H]12. The van der Waals surface area contributed by atoms with E-state index in [0.717, 1.165) is 44.0 Å². The van der Waals surface area contributed by atoms with Gasteiger partial charge in [-0.25, -0.2) is 0 Å². The highest BCUT2D eigenvalue weighted by molar-refractivity contribution is 7.19. The van der Waals surface area contributed by atoms with Gasteiger partial charge in [0.1, 0.15) is 0 Å².